The molecule has 0 aliphatic rings. The lowest BCUT2D eigenvalue weighted by atomic mass is 10.1. The van der Waals surface area contributed by atoms with Crippen LogP contribution in [0, 0.1) is 0 Å². The van der Waals surface area contributed by atoms with Crippen molar-refractivity contribution in [1.29, 1.82) is 0 Å². The molecule has 0 bridgehead atoms. The summed E-state index contributed by atoms with van der Waals surface area (Å²) in [5.74, 6) is 0. The second-order valence-corrected chi connectivity index (χ2v) is 5.89. The van der Waals surface area contributed by atoms with Gasteiger partial charge in [-0.05, 0) is 0 Å². The lowest BCUT2D eigenvalue weighted by Gasteiger charge is -2.01. The van der Waals surface area contributed by atoms with Crippen molar-refractivity contribution in [1.82, 2.24) is 0 Å². The quantitative estimate of drug-likeness (QED) is 0.331. The summed E-state index contributed by atoms with van der Waals surface area (Å²) in [6.45, 7) is 4.58. The molecule has 0 aromatic rings. The van der Waals surface area contributed by atoms with Crippen LogP contribution in [-0.4, -0.2) is 9.52 Å². The second kappa shape index (κ2) is 13.2. The molecule has 0 nitrogen and oxygen atoms in total. The van der Waals surface area contributed by atoms with Crippen LogP contribution in [0.4, 0.5) is 0 Å². The lowest BCUT2D eigenvalue weighted by Crippen LogP contribution is -1.86. The summed E-state index contributed by atoms with van der Waals surface area (Å²) in [6.07, 6.45) is 13.2. The van der Waals surface area contributed by atoms with Crippen LogP contribution >= 0.6 is 0 Å². The van der Waals surface area contributed by atoms with Gasteiger partial charge in [0.2, 0.25) is 0 Å². The van der Waals surface area contributed by atoms with Gasteiger partial charge in [0.1, 0.15) is 0 Å². The predicted molar refractivity (Wildman–Crippen MR) is 68.3 cm³/mol. The molecule has 0 rings (SSSR count). The van der Waals surface area contributed by atoms with E-state index in [0.29, 0.717) is 0 Å². The number of rotatable bonds is 11. The van der Waals surface area contributed by atoms with Gasteiger partial charge in [-0.2, -0.15) is 0 Å². The lowest BCUT2D eigenvalue weighted by molar-refractivity contribution is 0.572. The van der Waals surface area contributed by atoms with Gasteiger partial charge in [0.15, 0.2) is 0 Å². The van der Waals surface area contributed by atoms with Gasteiger partial charge < -0.3 is 0 Å². The van der Waals surface area contributed by atoms with Crippen LogP contribution < -0.4 is 0 Å². The molecule has 0 aromatic carbocycles. The smallest absolute Gasteiger partial charge is 0.0375 e. The summed E-state index contributed by atoms with van der Waals surface area (Å²) in [4.78, 5) is 0. The summed E-state index contributed by atoms with van der Waals surface area (Å²) in [7, 11) is 1.23. The Morgan fingerprint density at radius 3 is 1.64 bits per heavy atom. The molecular formula is C13H28Si. The largest absolute Gasteiger partial charge is 0.0682 e. The molecule has 0 aliphatic carbocycles. The van der Waals surface area contributed by atoms with E-state index in [-0.39, 0.29) is 0 Å². The van der Waals surface area contributed by atoms with Crippen molar-refractivity contribution in [2.24, 2.45) is 0 Å². The predicted octanol–water partition coefficient (Wildman–Crippen LogP) is 5.08. The summed E-state index contributed by atoms with van der Waals surface area (Å²) >= 11 is 0. The fraction of sp³-hybridized carbons (Fsp3) is 1.00. The van der Waals surface area contributed by atoms with Crippen LogP contribution in [0.5, 0.6) is 0 Å². The zero-order valence-electron chi connectivity index (χ0n) is 10.3. The first kappa shape index (κ1) is 14.2. The Kier molecular flexibility index (Phi) is 13.4. The Hall–Kier alpha value is 0.217. The Bertz CT molecular complexity index is 79.2. The second-order valence-electron chi connectivity index (χ2n) is 4.18. The zero-order valence-corrected chi connectivity index (χ0v) is 11.3. The number of hydrogen-bond donors (Lipinski definition) is 0. The first-order valence-corrected chi connectivity index (χ1v) is 8.04. The summed E-state index contributed by atoms with van der Waals surface area (Å²) < 4.78 is 0. The Labute approximate surface area is 93.7 Å². The van der Waals surface area contributed by atoms with E-state index in [9.17, 15) is 0 Å². The standard InChI is InChI=1S/C13H28Si/c1-3-5-6-7-8-9-10-11-12-13-14-4-2/h3-13H2,1-2H3. The third-order valence-corrected chi connectivity index (χ3v) is 3.91. The van der Waals surface area contributed by atoms with Crippen molar-refractivity contribution in [2.45, 2.75) is 83.7 Å². The van der Waals surface area contributed by atoms with E-state index >= 15 is 0 Å². The van der Waals surface area contributed by atoms with Gasteiger partial charge in [-0.1, -0.05) is 83.7 Å². The highest BCUT2D eigenvalue weighted by atomic mass is 28.2. The first-order chi connectivity index (χ1) is 6.91. The molecule has 2 radical (unpaired) electrons. The van der Waals surface area contributed by atoms with Gasteiger partial charge in [0.25, 0.3) is 0 Å². The maximum Gasteiger partial charge on any atom is 0.0375 e. The number of hydrogen-bond acceptors (Lipinski definition) is 0. The van der Waals surface area contributed by atoms with Crippen molar-refractivity contribution in [3.63, 3.8) is 0 Å². The van der Waals surface area contributed by atoms with E-state index in [1.165, 1.54) is 79.4 Å². The number of unbranched alkanes of at least 4 members (excludes halogenated alkanes) is 8. The maximum atomic E-state index is 2.30. The average Bonchev–Trinajstić information content (AvgIpc) is 2.21. The van der Waals surface area contributed by atoms with E-state index in [0.717, 1.165) is 0 Å². The summed E-state index contributed by atoms with van der Waals surface area (Å²) in [5, 5.41) is 0. The van der Waals surface area contributed by atoms with E-state index in [1.807, 2.05) is 0 Å². The molecule has 0 aromatic heterocycles. The molecule has 1 heteroatoms. The van der Waals surface area contributed by atoms with E-state index in [2.05, 4.69) is 13.8 Å². The van der Waals surface area contributed by atoms with E-state index in [4.69, 9.17) is 0 Å². The monoisotopic (exact) mass is 212 g/mol. The van der Waals surface area contributed by atoms with Gasteiger partial charge in [-0.15, -0.1) is 0 Å². The topological polar surface area (TPSA) is 0 Å². The van der Waals surface area contributed by atoms with Crippen LogP contribution in [0.15, 0.2) is 0 Å². The van der Waals surface area contributed by atoms with Crippen molar-refractivity contribution in [3.05, 3.63) is 0 Å². The van der Waals surface area contributed by atoms with Gasteiger partial charge >= 0.3 is 0 Å². The molecule has 0 amide bonds. The van der Waals surface area contributed by atoms with Crippen LogP contribution in [0.2, 0.25) is 12.1 Å². The van der Waals surface area contributed by atoms with Crippen molar-refractivity contribution >= 4 is 9.52 Å². The molecule has 0 atom stereocenters. The van der Waals surface area contributed by atoms with E-state index in [1.54, 1.807) is 0 Å². The minimum atomic E-state index is 1.23. The Morgan fingerprint density at radius 2 is 1.14 bits per heavy atom. The van der Waals surface area contributed by atoms with Crippen molar-refractivity contribution in [2.75, 3.05) is 0 Å². The molecule has 14 heavy (non-hydrogen) atoms. The molecule has 0 heterocycles. The molecule has 0 fully saturated rings. The Balaban J connectivity index is 2.78. The van der Waals surface area contributed by atoms with Gasteiger partial charge in [-0.25, -0.2) is 0 Å². The van der Waals surface area contributed by atoms with Crippen LogP contribution in [0.1, 0.15) is 71.6 Å². The molecule has 84 valence electrons. The van der Waals surface area contributed by atoms with Crippen molar-refractivity contribution < 1.29 is 0 Å². The molecule has 0 unspecified atom stereocenters. The summed E-state index contributed by atoms with van der Waals surface area (Å²) in [5.41, 5.74) is 0. The van der Waals surface area contributed by atoms with Gasteiger partial charge in [-0.3, -0.25) is 0 Å². The molecule has 0 saturated heterocycles. The van der Waals surface area contributed by atoms with Gasteiger partial charge in [0.05, 0.1) is 0 Å². The highest BCUT2D eigenvalue weighted by molar-refractivity contribution is 6.35. The zero-order chi connectivity index (χ0) is 10.5. The van der Waals surface area contributed by atoms with Crippen molar-refractivity contribution in [3.8, 4) is 0 Å². The third kappa shape index (κ3) is 12.2. The highest BCUT2D eigenvalue weighted by Gasteiger charge is 1.92. The average molecular weight is 212 g/mol. The van der Waals surface area contributed by atoms with Crippen LogP contribution in [0.3, 0.4) is 0 Å². The van der Waals surface area contributed by atoms with Gasteiger partial charge in [0, 0.05) is 9.52 Å². The minimum absolute atomic E-state index is 1.23. The normalized spacial score (nSPS) is 10.7. The first-order valence-electron chi connectivity index (χ1n) is 6.62. The fourth-order valence-electron chi connectivity index (χ4n) is 1.74. The molecular weight excluding hydrogens is 184 g/mol. The maximum absolute atomic E-state index is 2.30. The fourth-order valence-corrected chi connectivity index (χ4v) is 2.59. The SMILES string of the molecule is CCCCCCCCCCC[Si]CC. The Morgan fingerprint density at radius 1 is 0.643 bits per heavy atom. The molecule has 0 saturated carbocycles. The highest BCUT2D eigenvalue weighted by Crippen LogP contribution is 2.10. The molecule has 0 aliphatic heterocycles. The molecule has 0 N–H and O–H groups in total. The van der Waals surface area contributed by atoms with Crippen LogP contribution in [-0.2, 0) is 0 Å². The van der Waals surface area contributed by atoms with Crippen LogP contribution in [0.25, 0.3) is 0 Å². The third-order valence-electron chi connectivity index (χ3n) is 2.71. The summed E-state index contributed by atoms with van der Waals surface area (Å²) in [6, 6.07) is 2.89. The minimum Gasteiger partial charge on any atom is -0.0682 e. The molecule has 0 spiro atoms. The van der Waals surface area contributed by atoms with E-state index < -0.39 is 0 Å².